The first-order valence-electron chi connectivity index (χ1n) is 10.3. The second-order valence-electron chi connectivity index (χ2n) is 7.83. The lowest BCUT2D eigenvalue weighted by Gasteiger charge is -2.32. The van der Waals surface area contributed by atoms with E-state index in [1.807, 2.05) is 0 Å². The number of hydrogen-bond donors (Lipinski definition) is 1. The van der Waals surface area contributed by atoms with E-state index in [1.165, 1.54) is 30.3 Å². The summed E-state index contributed by atoms with van der Waals surface area (Å²) >= 11 is 0. The summed E-state index contributed by atoms with van der Waals surface area (Å²) in [7, 11) is 0. The molecule has 1 aliphatic heterocycles. The topological polar surface area (TPSA) is 50.2 Å². The summed E-state index contributed by atoms with van der Waals surface area (Å²) in [6, 6.07) is 12.5. The van der Waals surface area contributed by atoms with Gasteiger partial charge in [-0.15, -0.1) is 0 Å². The van der Waals surface area contributed by atoms with E-state index in [1.54, 1.807) is 23.0 Å². The molecule has 1 saturated heterocycles. The number of benzene rings is 2. The minimum atomic E-state index is -4.33. The highest BCUT2D eigenvalue weighted by Gasteiger charge is 2.30. The van der Waals surface area contributed by atoms with Gasteiger partial charge in [0, 0.05) is 31.3 Å². The molecule has 1 N–H and O–H groups in total. The van der Waals surface area contributed by atoms with Crippen LogP contribution in [-0.2, 0) is 12.7 Å². The molecule has 5 nitrogen and oxygen atoms in total. The van der Waals surface area contributed by atoms with Crippen LogP contribution in [0.15, 0.2) is 60.8 Å². The van der Waals surface area contributed by atoms with Crippen LogP contribution in [0.4, 0.5) is 23.4 Å². The highest BCUT2D eigenvalue weighted by Crippen LogP contribution is 2.30. The van der Waals surface area contributed by atoms with Gasteiger partial charge in [0.15, 0.2) is 0 Å². The van der Waals surface area contributed by atoms with Gasteiger partial charge in [0.2, 0.25) is 0 Å². The van der Waals surface area contributed by atoms with E-state index in [-0.39, 0.29) is 11.6 Å². The van der Waals surface area contributed by atoms with Crippen LogP contribution in [0.1, 0.15) is 40.4 Å². The zero-order valence-electron chi connectivity index (χ0n) is 17.1. The molecule has 1 amide bonds. The van der Waals surface area contributed by atoms with E-state index in [2.05, 4.69) is 15.3 Å². The van der Waals surface area contributed by atoms with E-state index in [0.717, 1.165) is 43.6 Å². The Kier molecular flexibility index (Phi) is 6.27. The SMILES string of the molecule is O=C(Nc1ccnn1C1CCN(Cc2ccc(C(F)(F)F)cc2)CC1)c1cccc(F)c1. The standard InChI is InChI=1S/C23H22F4N4O/c24-19-3-1-2-17(14-19)22(32)29-21-8-11-28-31(21)20-9-12-30(13-10-20)15-16-4-6-18(7-5-16)23(25,26)27/h1-8,11,14,20H,9-10,12-13,15H2,(H,29,32). The van der Waals surface area contributed by atoms with E-state index in [4.69, 9.17) is 0 Å². The number of piperidine rings is 1. The molecule has 168 valence electrons. The fourth-order valence-electron chi connectivity index (χ4n) is 3.90. The van der Waals surface area contributed by atoms with Gasteiger partial charge in [-0.2, -0.15) is 18.3 Å². The minimum absolute atomic E-state index is 0.0802. The number of rotatable bonds is 5. The molecule has 0 spiro atoms. The minimum Gasteiger partial charge on any atom is -0.307 e. The van der Waals surface area contributed by atoms with Crippen LogP contribution < -0.4 is 5.32 Å². The Morgan fingerprint density at radius 3 is 2.44 bits per heavy atom. The summed E-state index contributed by atoms with van der Waals surface area (Å²) in [5.41, 5.74) is 0.411. The number of carbonyl (C=O) groups excluding carboxylic acids is 1. The van der Waals surface area contributed by atoms with Gasteiger partial charge in [-0.1, -0.05) is 18.2 Å². The summed E-state index contributed by atoms with van der Waals surface area (Å²) in [6.07, 6.45) is -1.16. The van der Waals surface area contributed by atoms with E-state index >= 15 is 0 Å². The van der Waals surface area contributed by atoms with E-state index < -0.39 is 23.5 Å². The van der Waals surface area contributed by atoms with Gasteiger partial charge >= 0.3 is 6.18 Å². The molecule has 0 atom stereocenters. The number of carbonyl (C=O) groups is 1. The van der Waals surface area contributed by atoms with Crippen molar-refractivity contribution in [3.05, 3.63) is 83.3 Å². The van der Waals surface area contributed by atoms with E-state index in [9.17, 15) is 22.4 Å². The maximum atomic E-state index is 13.4. The Bertz CT molecular complexity index is 1070. The number of halogens is 4. The molecular weight excluding hydrogens is 424 g/mol. The molecule has 3 aromatic rings. The van der Waals surface area contributed by atoms with Crippen molar-refractivity contribution in [3.8, 4) is 0 Å². The summed E-state index contributed by atoms with van der Waals surface area (Å²) in [5.74, 6) is -0.349. The second kappa shape index (κ2) is 9.12. The number of alkyl halides is 3. The third kappa shape index (κ3) is 5.16. The number of anilines is 1. The average molecular weight is 446 g/mol. The molecule has 0 aliphatic carbocycles. The predicted molar refractivity (Wildman–Crippen MR) is 112 cm³/mol. The van der Waals surface area contributed by atoms with Gasteiger partial charge < -0.3 is 5.32 Å². The normalized spacial score (nSPS) is 15.6. The summed E-state index contributed by atoms with van der Waals surface area (Å²) in [5, 5.41) is 7.14. The first kappa shape index (κ1) is 22.0. The predicted octanol–water partition coefficient (Wildman–Crippen LogP) is 5.13. The fourth-order valence-corrected chi connectivity index (χ4v) is 3.90. The number of hydrogen-bond acceptors (Lipinski definition) is 3. The Morgan fingerprint density at radius 2 is 1.78 bits per heavy atom. The van der Waals surface area contributed by atoms with Crippen LogP contribution in [-0.4, -0.2) is 33.7 Å². The Balaban J connectivity index is 1.34. The van der Waals surface area contributed by atoms with Crippen molar-refractivity contribution in [1.82, 2.24) is 14.7 Å². The quantitative estimate of drug-likeness (QED) is 0.553. The average Bonchev–Trinajstić information content (AvgIpc) is 3.22. The lowest BCUT2D eigenvalue weighted by molar-refractivity contribution is -0.137. The highest BCUT2D eigenvalue weighted by molar-refractivity contribution is 6.03. The monoisotopic (exact) mass is 446 g/mol. The molecular formula is C23H22F4N4O. The van der Waals surface area contributed by atoms with Crippen LogP contribution in [0.3, 0.4) is 0 Å². The molecule has 1 aliphatic rings. The number of aromatic nitrogens is 2. The molecule has 9 heteroatoms. The molecule has 0 radical (unpaired) electrons. The van der Waals surface area contributed by atoms with Gasteiger partial charge in [0.25, 0.3) is 5.91 Å². The van der Waals surface area contributed by atoms with Crippen molar-refractivity contribution in [2.75, 3.05) is 18.4 Å². The zero-order chi connectivity index (χ0) is 22.7. The van der Waals surface area contributed by atoms with Crippen LogP contribution in [0.2, 0.25) is 0 Å². The molecule has 0 unspecified atom stereocenters. The Morgan fingerprint density at radius 1 is 1.06 bits per heavy atom. The van der Waals surface area contributed by atoms with Gasteiger partial charge in [-0.3, -0.25) is 9.69 Å². The fraction of sp³-hybridized carbons (Fsp3) is 0.304. The number of nitrogens with one attached hydrogen (secondary N) is 1. The van der Waals surface area contributed by atoms with Crippen molar-refractivity contribution in [1.29, 1.82) is 0 Å². The van der Waals surface area contributed by atoms with Crippen molar-refractivity contribution < 1.29 is 22.4 Å². The third-order valence-corrected chi connectivity index (χ3v) is 5.59. The van der Waals surface area contributed by atoms with E-state index in [0.29, 0.717) is 12.4 Å². The van der Waals surface area contributed by atoms with Crippen molar-refractivity contribution in [3.63, 3.8) is 0 Å². The summed E-state index contributed by atoms with van der Waals surface area (Å²) < 4.78 is 53.3. The first-order chi connectivity index (χ1) is 15.3. The molecule has 1 aromatic heterocycles. The molecule has 4 rings (SSSR count). The van der Waals surface area contributed by atoms with Gasteiger partial charge in [-0.25, -0.2) is 9.07 Å². The molecule has 0 bridgehead atoms. The van der Waals surface area contributed by atoms with Gasteiger partial charge in [0.05, 0.1) is 17.8 Å². The lowest BCUT2D eigenvalue weighted by Crippen LogP contribution is -2.35. The van der Waals surface area contributed by atoms with Gasteiger partial charge in [0.1, 0.15) is 11.6 Å². The molecule has 32 heavy (non-hydrogen) atoms. The van der Waals surface area contributed by atoms with Crippen LogP contribution in [0.25, 0.3) is 0 Å². The maximum absolute atomic E-state index is 13.4. The number of likely N-dealkylation sites (tertiary alicyclic amines) is 1. The highest BCUT2D eigenvalue weighted by atomic mass is 19.4. The number of nitrogens with zero attached hydrogens (tertiary/aromatic N) is 3. The molecule has 2 heterocycles. The van der Waals surface area contributed by atoms with Crippen LogP contribution in [0.5, 0.6) is 0 Å². The molecule has 2 aromatic carbocycles. The second-order valence-corrected chi connectivity index (χ2v) is 7.83. The zero-order valence-corrected chi connectivity index (χ0v) is 17.1. The molecule has 1 fully saturated rings. The van der Waals surface area contributed by atoms with Crippen molar-refractivity contribution in [2.24, 2.45) is 0 Å². The largest absolute Gasteiger partial charge is 0.416 e. The number of amides is 1. The van der Waals surface area contributed by atoms with Gasteiger partial charge in [-0.05, 0) is 48.7 Å². The third-order valence-electron chi connectivity index (χ3n) is 5.59. The smallest absolute Gasteiger partial charge is 0.307 e. The van der Waals surface area contributed by atoms with Crippen molar-refractivity contribution >= 4 is 11.7 Å². The Hall–Kier alpha value is -3.20. The maximum Gasteiger partial charge on any atom is 0.416 e. The van der Waals surface area contributed by atoms with Crippen molar-refractivity contribution in [2.45, 2.75) is 31.6 Å². The first-order valence-corrected chi connectivity index (χ1v) is 10.3. The molecule has 0 saturated carbocycles. The Labute approximate surface area is 182 Å². The summed E-state index contributed by atoms with van der Waals surface area (Å²) in [6.45, 7) is 2.08. The van der Waals surface area contributed by atoms with Crippen LogP contribution in [0, 0.1) is 5.82 Å². The summed E-state index contributed by atoms with van der Waals surface area (Å²) in [4.78, 5) is 14.6. The van der Waals surface area contributed by atoms with Crippen LogP contribution >= 0.6 is 0 Å². The lowest BCUT2D eigenvalue weighted by atomic mass is 10.0.